The van der Waals surface area contributed by atoms with Gasteiger partial charge >= 0.3 is 0 Å². The minimum Gasteiger partial charge on any atom is -0.495 e. The van der Waals surface area contributed by atoms with Crippen LogP contribution in [0, 0.1) is 12.3 Å². The summed E-state index contributed by atoms with van der Waals surface area (Å²) in [6.07, 6.45) is 7.52. The Bertz CT molecular complexity index is 2670. The van der Waals surface area contributed by atoms with E-state index >= 15 is 0 Å². The number of hydrogen-bond acceptors (Lipinski definition) is 16. The third-order valence-corrected chi connectivity index (χ3v) is 16.0. The number of aliphatic hydroxyl groups is 1. The molecule has 6 N–H and O–H groups in total. The molecule has 21 heteroatoms. The van der Waals surface area contributed by atoms with Gasteiger partial charge in [-0.05, 0) is 73.8 Å². The molecule has 2 saturated heterocycles. The topological polar surface area (TPSA) is 236 Å². The van der Waals surface area contributed by atoms with E-state index in [9.17, 15) is 29.1 Å². The van der Waals surface area contributed by atoms with E-state index in [4.69, 9.17) is 14.5 Å². The number of hydrogen-bond donors (Lipinski definition) is 6. The number of fused-ring (bicyclic) bond motifs is 1. The number of anilines is 4. The first-order chi connectivity index (χ1) is 36.5. The highest BCUT2D eigenvalue weighted by molar-refractivity contribution is 7.13. The first-order valence-electron chi connectivity index (χ1n) is 26.8. The Morgan fingerprint density at radius 2 is 1.74 bits per heavy atom. The molecular formula is C55H76N12O8S. The maximum Gasteiger partial charge on any atom is 0.251 e. The van der Waals surface area contributed by atoms with Crippen LogP contribution in [0.5, 0.6) is 5.75 Å². The van der Waals surface area contributed by atoms with Crippen LogP contribution in [0.25, 0.3) is 10.4 Å². The zero-order valence-electron chi connectivity index (χ0n) is 45.0. The van der Waals surface area contributed by atoms with Crippen LogP contribution in [0.4, 0.5) is 23.1 Å². The minimum atomic E-state index is -0.930. The van der Waals surface area contributed by atoms with Gasteiger partial charge in [0, 0.05) is 70.4 Å². The quantitative estimate of drug-likeness (QED) is 0.0617. The summed E-state index contributed by atoms with van der Waals surface area (Å²) in [6, 6.07) is 11.3. The van der Waals surface area contributed by atoms with Crippen LogP contribution >= 0.6 is 11.3 Å². The van der Waals surface area contributed by atoms with E-state index in [0.717, 1.165) is 85.7 Å². The van der Waals surface area contributed by atoms with Gasteiger partial charge in [0.15, 0.2) is 5.82 Å². The number of amides is 5. The molecule has 1 aliphatic carbocycles. The Labute approximate surface area is 450 Å². The van der Waals surface area contributed by atoms with Crippen LogP contribution in [0.1, 0.15) is 101 Å². The molecule has 5 amide bonds. The molecule has 3 aliphatic heterocycles. The zero-order valence-corrected chi connectivity index (χ0v) is 45.8. The number of ether oxygens (including phenoxy) is 2. The fourth-order valence-corrected chi connectivity index (χ4v) is 11.5. The molecule has 5 heterocycles. The van der Waals surface area contributed by atoms with Crippen molar-refractivity contribution in [2.45, 2.75) is 129 Å². The molecule has 8 rings (SSSR count). The van der Waals surface area contributed by atoms with Crippen LogP contribution < -0.4 is 41.1 Å². The second kappa shape index (κ2) is 25.3. The molecule has 0 spiro atoms. The molecule has 4 atom stereocenters. The summed E-state index contributed by atoms with van der Waals surface area (Å²) in [6.45, 7) is 13.5. The summed E-state index contributed by atoms with van der Waals surface area (Å²) in [4.78, 5) is 90.0. The van der Waals surface area contributed by atoms with Gasteiger partial charge < -0.3 is 60.8 Å². The Balaban J connectivity index is 0.724. The smallest absolute Gasteiger partial charge is 0.251 e. The predicted molar refractivity (Wildman–Crippen MR) is 293 cm³/mol. The second-order valence-corrected chi connectivity index (χ2v) is 22.3. The largest absolute Gasteiger partial charge is 0.495 e. The molecule has 0 radical (unpaired) electrons. The number of carbonyl (C=O) groups excluding carboxylic acids is 5. The lowest BCUT2D eigenvalue weighted by molar-refractivity contribution is -0.144. The van der Waals surface area contributed by atoms with Crippen molar-refractivity contribution in [3.63, 3.8) is 0 Å². The highest BCUT2D eigenvalue weighted by Gasteiger charge is 2.45. The van der Waals surface area contributed by atoms with Crippen LogP contribution in [0.15, 0.2) is 54.2 Å². The van der Waals surface area contributed by atoms with E-state index in [0.29, 0.717) is 54.8 Å². The number of nitrogens with zero attached hydrogens (tertiary/aromatic N) is 7. The number of aromatic nitrogens is 3. The van der Waals surface area contributed by atoms with Crippen molar-refractivity contribution < 1.29 is 38.6 Å². The summed E-state index contributed by atoms with van der Waals surface area (Å²) >= 11 is 1.57. The average Bonchev–Trinajstić information content (AvgIpc) is 4.21. The van der Waals surface area contributed by atoms with Gasteiger partial charge in [-0.15, -0.1) is 11.3 Å². The van der Waals surface area contributed by atoms with Gasteiger partial charge in [0.25, 0.3) is 5.91 Å². The highest BCUT2D eigenvalue weighted by atomic mass is 32.1. The zero-order chi connectivity index (χ0) is 54.1. The monoisotopic (exact) mass is 1060 g/mol. The van der Waals surface area contributed by atoms with Gasteiger partial charge in [-0.2, -0.15) is 4.98 Å². The lowest BCUT2D eigenvalue weighted by Crippen LogP contribution is -2.58. The Hall–Kier alpha value is -6.26. The van der Waals surface area contributed by atoms with Crippen molar-refractivity contribution in [3.05, 3.63) is 71.0 Å². The normalized spacial score (nSPS) is 19.9. The number of aliphatic hydroxyl groups excluding tert-OH is 1. The van der Waals surface area contributed by atoms with Gasteiger partial charge in [-0.3, -0.25) is 24.0 Å². The van der Waals surface area contributed by atoms with E-state index in [-0.39, 0.29) is 67.8 Å². The van der Waals surface area contributed by atoms with Gasteiger partial charge in [-0.1, -0.05) is 64.8 Å². The predicted octanol–water partition coefficient (Wildman–Crippen LogP) is 4.77. The highest BCUT2D eigenvalue weighted by Crippen LogP contribution is 2.41. The van der Waals surface area contributed by atoms with E-state index in [1.807, 2.05) is 64.4 Å². The fraction of sp³-hybridized carbons (Fsp3) is 0.564. The molecular weight excluding hydrogens is 989 g/mol. The van der Waals surface area contributed by atoms with E-state index < -0.39 is 29.5 Å². The molecule has 1 saturated carbocycles. The van der Waals surface area contributed by atoms with Crippen molar-refractivity contribution in [2.24, 2.45) is 5.41 Å². The standard InChI is InChI=1S/C55H76N12O8S/c1-8-42-52(72)64(6)44-30-58-54(63-49(44)67(42)39-11-9-10-12-39)61-41-18-17-37(27-45(41)74-7)50(70)60-38-19-22-65(23-20-38)24-26-75-25-21-56-31-46(69)62-48(55(3,4)5)53(73)66-32-40(68)28-43(66)51(71)57-29-35-13-15-36(16-14-35)47-34(2)59-33-76-47/h13-18,27,30,33,38-40,42-43,48,56,68H,8-12,19-26,28-29,31-32H2,1-7H3,(H,57,71)(H,60,70)(H,62,69)(H,58,61,63)/t40-,42-,43+,48-/m1/s1. The Kier molecular flexibility index (Phi) is 18.6. The molecule has 0 unspecified atom stereocenters. The first-order valence-corrected chi connectivity index (χ1v) is 27.7. The minimum absolute atomic E-state index is 0.00415. The van der Waals surface area contributed by atoms with Crippen molar-refractivity contribution >= 4 is 64.0 Å². The van der Waals surface area contributed by atoms with Crippen molar-refractivity contribution in [2.75, 3.05) is 81.8 Å². The molecule has 2 aromatic heterocycles. The summed E-state index contributed by atoms with van der Waals surface area (Å²) < 4.78 is 11.6. The number of carbonyl (C=O) groups is 5. The lowest BCUT2D eigenvalue weighted by atomic mass is 9.85. The second-order valence-electron chi connectivity index (χ2n) is 21.4. The first kappa shape index (κ1) is 56.0. The molecule has 3 fully saturated rings. The Morgan fingerprint density at radius 3 is 2.42 bits per heavy atom. The average molecular weight is 1070 g/mol. The maximum absolute atomic E-state index is 14.0. The van der Waals surface area contributed by atoms with Crippen molar-refractivity contribution in [3.8, 4) is 16.2 Å². The lowest BCUT2D eigenvalue weighted by Gasteiger charge is -2.43. The number of rotatable bonds is 21. The maximum atomic E-state index is 14.0. The van der Waals surface area contributed by atoms with Crippen molar-refractivity contribution in [1.29, 1.82) is 0 Å². The van der Waals surface area contributed by atoms with Gasteiger partial charge in [0.1, 0.15) is 29.6 Å². The van der Waals surface area contributed by atoms with Crippen LogP contribution in [0.3, 0.4) is 0 Å². The summed E-state index contributed by atoms with van der Waals surface area (Å²) in [5, 5.41) is 26.0. The van der Waals surface area contributed by atoms with E-state index in [2.05, 4.69) is 46.4 Å². The van der Waals surface area contributed by atoms with Crippen LogP contribution in [-0.2, 0) is 30.5 Å². The third kappa shape index (κ3) is 13.5. The number of thiazole rings is 1. The Morgan fingerprint density at radius 1 is 0.987 bits per heavy atom. The van der Waals surface area contributed by atoms with Gasteiger partial charge in [0.05, 0.1) is 60.9 Å². The molecule has 2 aromatic carbocycles. The van der Waals surface area contributed by atoms with Crippen LogP contribution in [0.2, 0.25) is 0 Å². The van der Waals surface area contributed by atoms with E-state index in [1.165, 1.54) is 4.90 Å². The third-order valence-electron chi connectivity index (χ3n) is 15.0. The number of likely N-dealkylation sites (tertiary alicyclic amines) is 2. The molecule has 0 bridgehead atoms. The number of nitrogens with one attached hydrogen (secondary N) is 5. The molecule has 4 aliphatic rings. The molecule has 76 heavy (non-hydrogen) atoms. The number of β-amino-alcohol motifs (C(OH)–C–C–N with tert-alkyl or cyclic N) is 1. The van der Waals surface area contributed by atoms with E-state index in [1.54, 1.807) is 54.8 Å². The summed E-state index contributed by atoms with van der Waals surface area (Å²) in [5.74, 6) is 0.341. The number of piperidine rings is 1. The molecule has 4 aromatic rings. The molecule has 20 nitrogen and oxygen atoms in total. The number of benzene rings is 2. The number of aryl methyl sites for hydroxylation is 1. The number of likely N-dealkylation sites (N-methyl/N-ethyl adjacent to an activating group) is 1. The summed E-state index contributed by atoms with van der Waals surface area (Å²) in [5.41, 5.74) is 5.84. The SMILES string of the molecule is CC[C@@H]1C(=O)N(C)c2cnc(Nc3ccc(C(=O)NC4CCN(CCOCCNCC(=O)N[C@H](C(=O)N5C[C@H](O)C[C@H]5C(=O)NCc5ccc(-c6scnc6C)cc5)C(C)(C)C)CC4)cc3OC)nc2N1C1CCCC1. The molecule has 410 valence electrons. The fourth-order valence-electron chi connectivity index (χ4n) is 10.7. The van der Waals surface area contributed by atoms with Crippen molar-refractivity contribution in [1.82, 2.24) is 46.0 Å². The van der Waals surface area contributed by atoms with Crippen LogP contribution in [-0.4, -0.2) is 162 Å². The summed E-state index contributed by atoms with van der Waals surface area (Å²) in [7, 11) is 3.34. The van der Waals surface area contributed by atoms with Gasteiger partial charge in [-0.25, -0.2) is 9.97 Å². The van der Waals surface area contributed by atoms with Gasteiger partial charge in [0.2, 0.25) is 29.6 Å². The number of methoxy groups -OCH3 is 1.